The molecule has 2 aromatic rings. The lowest BCUT2D eigenvalue weighted by Crippen LogP contribution is -1.84. The molecule has 0 saturated carbocycles. The van der Waals surface area contributed by atoms with Crippen molar-refractivity contribution in [3.8, 4) is 0 Å². The molecule has 1 aromatic heterocycles. The van der Waals surface area contributed by atoms with Crippen molar-refractivity contribution < 1.29 is 8.42 Å². The molecule has 0 fully saturated rings. The zero-order valence-electron chi connectivity index (χ0n) is 6.56. The topological polar surface area (TPSA) is 62.8 Å². The number of aromatic nitrogens is 2. The van der Waals surface area contributed by atoms with E-state index < -0.39 is 10.3 Å². The molecule has 1 aromatic carbocycles. The highest BCUT2D eigenvalue weighted by atomic mass is 32.2. The van der Waals surface area contributed by atoms with Crippen molar-refractivity contribution in [3.05, 3.63) is 35.0 Å². The van der Waals surface area contributed by atoms with Crippen LogP contribution in [0.2, 0.25) is 0 Å². The number of hydrogen-bond acceptors (Lipinski definition) is 3. The Kier molecular flexibility index (Phi) is 1.86. The van der Waals surface area contributed by atoms with Gasteiger partial charge in [-0.3, -0.25) is 5.10 Å². The fourth-order valence-corrected chi connectivity index (χ4v) is 1.65. The third-order valence-corrected chi connectivity index (χ3v) is 2.42. The molecule has 0 radical (unpaired) electrons. The van der Waals surface area contributed by atoms with Gasteiger partial charge in [0.05, 0.1) is 11.7 Å². The maximum atomic E-state index is 10.8. The molecule has 0 aliphatic rings. The first-order chi connectivity index (χ1) is 6.29. The Bertz CT molecular complexity index is 600. The van der Waals surface area contributed by atoms with Crippen molar-refractivity contribution >= 4 is 21.2 Å². The van der Waals surface area contributed by atoms with Gasteiger partial charge in [-0.15, -0.1) is 0 Å². The SMILES string of the molecule is O=S(=O)=c1cn[nH]c2ccccc12. The van der Waals surface area contributed by atoms with Crippen LogP contribution >= 0.6 is 0 Å². The third kappa shape index (κ3) is 1.33. The first-order valence-corrected chi connectivity index (χ1v) is 4.71. The van der Waals surface area contributed by atoms with Crippen LogP contribution in [0.25, 0.3) is 10.9 Å². The van der Waals surface area contributed by atoms with Crippen molar-refractivity contribution in [3.63, 3.8) is 0 Å². The number of rotatable bonds is 0. The van der Waals surface area contributed by atoms with E-state index in [-0.39, 0.29) is 4.51 Å². The second kappa shape index (κ2) is 3.02. The van der Waals surface area contributed by atoms with Gasteiger partial charge in [-0.25, -0.2) is 0 Å². The van der Waals surface area contributed by atoms with Crippen molar-refractivity contribution in [1.82, 2.24) is 10.2 Å². The Hall–Kier alpha value is -1.62. The number of para-hydroxylation sites is 1. The molecule has 5 heteroatoms. The zero-order chi connectivity index (χ0) is 9.26. The van der Waals surface area contributed by atoms with Crippen LogP contribution in [0.3, 0.4) is 0 Å². The smallest absolute Gasteiger partial charge is 0.223 e. The molecule has 0 bridgehead atoms. The van der Waals surface area contributed by atoms with Gasteiger partial charge in [-0.05, 0) is 6.07 Å². The van der Waals surface area contributed by atoms with E-state index in [2.05, 4.69) is 10.2 Å². The average Bonchev–Trinajstić information content (AvgIpc) is 2.17. The Morgan fingerprint density at radius 3 is 2.77 bits per heavy atom. The van der Waals surface area contributed by atoms with E-state index in [1.54, 1.807) is 18.2 Å². The van der Waals surface area contributed by atoms with Gasteiger partial charge in [-0.1, -0.05) is 18.2 Å². The molecular weight excluding hydrogens is 188 g/mol. The molecule has 0 unspecified atom stereocenters. The number of hydrogen-bond donors (Lipinski definition) is 1. The van der Waals surface area contributed by atoms with E-state index in [0.717, 1.165) is 0 Å². The molecule has 2 rings (SSSR count). The van der Waals surface area contributed by atoms with Gasteiger partial charge in [0.2, 0.25) is 10.3 Å². The minimum atomic E-state index is -2.24. The highest BCUT2D eigenvalue weighted by molar-refractivity contribution is 7.64. The van der Waals surface area contributed by atoms with Crippen LogP contribution in [0.4, 0.5) is 0 Å². The van der Waals surface area contributed by atoms with E-state index in [4.69, 9.17) is 0 Å². The molecule has 0 aliphatic carbocycles. The molecule has 4 nitrogen and oxygen atoms in total. The van der Waals surface area contributed by atoms with E-state index in [0.29, 0.717) is 10.9 Å². The summed E-state index contributed by atoms with van der Waals surface area (Å²) in [7, 11) is -2.24. The summed E-state index contributed by atoms with van der Waals surface area (Å²) in [5, 5.41) is 7.10. The van der Waals surface area contributed by atoms with Crippen LogP contribution in [0.5, 0.6) is 0 Å². The first-order valence-electron chi connectivity index (χ1n) is 3.64. The second-order valence-electron chi connectivity index (χ2n) is 2.51. The molecule has 0 spiro atoms. The average molecular weight is 194 g/mol. The molecule has 0 amide bonds. The van der Waals surface area contributed by atoms with Gasteiger partial charge in [0.25, 0.3) is 0 Å². The summed E-state index contributed by atoms with van der Waals surface area (Å²) in [6.45, 7) is 0. The number of aromatic amines is 1. The predicted octanol–water partition coefficient (Wildman–Crippen LogP) is 0.974. The van der Waals surface area contributed by atoms with Crippen LogP contribution in [0, 0.1) is 4.51 Å². The normalized spacial score (nSPS) is 10.2. The van der Waals surface area contributed by atoms with Crippen LogP contribution in [-0.4, -0.2) is 18.6 Å². The Labute approximate surface area is 75.4 Å². The molecular formula is C8H6N2O2S. The summed E-state index contributed by atoms with van der Waals surface area (Å²) in [4.78, 5) is 0. The molecule has 0 aliphatic heterocycles. The molecule has 13 heavy (non-hydrogen) atoms. The summed E-state index contributed by atoms with van der Waals surface area (Å²) in [6, 6.07) is 7.11. The minimum Gasteiger partial charge on any atom is -0.278 e. The molecule has 1 heterocycles. The highest BCUT2D eigenvalue weighted by Gasteiger charge is 1.94. The van der Waals surface area contributed by atoms with Crippen molar-refractivity contribution in [2.75, 3.05) is 0 Å². The van der Waals surface area contributed by atoms with Gasteiger partial charge in [0.1, 0.15) is 4.51 Å². The number of benzene rings is 1. The lowest BCUT2D eigenvalue weighted by molar-refractivity contribution is 0.625. The highest BCUT2D eigenvalue weighted by Crippen LogP contribution is 2.09. The fraction of sp³-hybridized carbons (Fsp3) is 0. The van der Waals surface area contributed by atoms with Crippen molar-refractivity contribution in [1.29, 1.82) is 0 Å². The van der Waals surface area contributed by atoms with Gasteiger partial charge < -0.3 is 0 Å². The van der Waals surface area contributed by atoms with E-state index in [1.807, 2.05) is 6.07 Å². The van der Waals surface area contributed by atoms with Gasteiger partial charge in [-0.2, -0.15) is 13.5 Å². The largest absolute Gasteiger partial charge is 0.278 e. The van der Waals surface area contributed by atoms with Crippen molar-refractivity contribution in [2.24, 2.45) is 0 Å². The summed E-state index contributed by atoms with van der Waals surface area (Å²) in [5.41, 5.74) is 0.712. The lowest BCUT2D eigenvalue weighted by Gasteiger charge is -1.93. The number of nitrogens with zero attached hydrogens (tertiary/aromatic N) is 1. The molecule has 66 valence electrons. The Morgan fingerprint density at radius 2 is 2.00 bits per heavy atom. The summed E-state index contributed by atoms with van der Waals surface area (Å²) in [6.07, 6.45) is 1.30. The predicted molar refractivity (Wildman–Crippen MR) is 48.3 cm³/mol. The van der Waals surface area contributed by atoms with Gasteiger partial charge in [0.15, 0.2) is 0 Å². The number of H-pyrrole nitrogens is 1. The number of fused-ring (bicyclic) bond motifs is 1. The summed E-state index contributed by atoms with van der Waals surface area (Å²) >= 11 is 0. The summed E-state index contributed by atoms with van der Waals surface area (Å²) < 4.78 is 21.7. The molecule has 1 N–H and O–H groups in total. The maximum Gasteiger partial charge on any atom is 0.223 e. The number of nitrogens with one attached hydrogen (secondary N) is 1. The Balaban J connectivity index is 3.20. The van der Waals surface area contributed by atoms with E-state index >= 15 is 0 Å². The fourth-order valence-electron chi connectivity index (χ4n) is 1.16. The molecule has 0 saturated heterocycles. The van der Waals surface area contributed by atoms with E-state index in [9.17, 15) is 8.42 Å². The van der Waals surface area contributed by atoms with E-state index in [1.165, 1.54) is 6.20 Å². The zero-order valence-corrected chi connectivity index (χ0v) is 7.38. The minimum absolute atomic E-state index is 0.217. The molecule has 0 atom stereocenters. The van der Waals surface area contributed by atoms with Crippen LogP contribution < -0.4 is 0 Å². The third-order valence-electron chi connectivity index (χ3n) is 1.74. The van der Waals surface area contributed by atoms with Crippen LogP contribution in [0.15, 0.2) is 30.5 Å². The lowest BCUT2D eigenvalue weighted by atomic mass is 10.2. The second-order valence-corrected chi connectivity index (χ2v) is 3.42. The van der Waals surface area contributed by atoms with Crippen LogP contribution in [-0.2, 0) is 10.3 Å². The first kappa shape index (κ1) is 8.00. The monoisotopic (exact) mass is 194 g/mol. The Morgan fingerprint density at radius 1 is 1.23 bits per heavy atom. The van der Waals surface area contributed by atoms with Crippen LogP contribution in [0.1, 0.15) is 0 Å². The quantitative estimate of drug-likeness (QED) is 0.636. The van der Waals surface area contributed by atoms with Crippen molar-refractivity contribution in [2.45, 2.75) is 0 Å². The van der Waals surface area contributed by atoms with Gasteiger partial charge >= 0.3 is 0 Å². The maximum absolute atomic E-state index is 10.8. The standard InChI is InChI=1S/C8H6N2O2S/c11-13(12)8-5-9-10-7-4-2-1-3-6(7)8/h1-5,10H. The van der Waals surface area contributed by atoms with Gasteiger partial charge in [0, 0.05) is 5.39 Å². The summed E-state index contributed by atoms with van der Waals surface area (Å²) in [5.74, 6) is 0.